The molecule has 10 nitrogen and oxygen atoms in total. The Balaban J connectivity index is 0.00000122. The van der Waals surface area contributed by atoms with Crippen molar-refractivity contribution >= 4 is 29.6 Å². The van der Waals surface area contributed by atoms with Crippen molar-refractivity contribution in [1.29, 1.82) is 0 Å². The van der Waals surface area contributed by atoms with Gasteiger partial charge in [0.2, 0.25) is 0 Å². The highest BCUT2D eigenvalue weighted by Crippen LogP contribution is 2.33. The lowest BCUT2D eigenvalue weighted by atomic mass is 9.93. The van der Waals surface area contributed by atoms with Gasteiger partial charge in [0.15, 0.2) is 0 Å². The molecule has 0 radical (unpaired) electrons. The Bertz CT molecular complexity index is 618. The summed E-state index contributed by atoms with van der Waals surface area (Å²) >= 11 is 0.0908. The van der Waals surface area contributed by atoms with Crippen molar-refractivity contribution in [2.24, 2.45) is 5.92 Å². The van der Waals surface area contributed by atoms with E-state index in [2.05, 4.69) is 21.8 Å². The summed E-state index contributed by atoms with van der Waals surface area (Å²) in [4.78, 5) is 10.7. The fraction of sp³-hybridized carbons (Fsp3) is 0.857. The van der Waals surface area contributed by atoms with E-state index in [-0.39, 0.29) is 12.4 Å². The van der Waals surface area contributed by atoms with Crippen LogP contribution in [-0.4, -0.2) is 116 Å². The van der Waals surface area contributed by atoms with E-state index in [9.17, 15) is 19.9 Å². The molecule has 2 fully saturated rings. The first kappa shape index (κ1) is 28.8. The third-order valence-electron chi connectivity index (χ3n) is 5.69. The van der Waals surface area contributed by atoms with Crippen LogP contribution in [0.1, 0.15) is 27.2 Å². The molecule has 3 aliphatic rings. The first-order valence-corrected chi connectivity index (χ1v) is 13.3. The van der Waals surface area contributed by atoms with Crippen molar-refractivity contribution in [3.8, 4) is 0 Å². The van der Waals surface area contributed by atoms with Crippen LogP contribution in [0.15, 0.2) is 12.2 Å². The normalized spacial score (nSPS) is 37.8. The van der Waals surface area contributed by atoms with Crippen molar-refractivity contribution in [2.45, 2.75) is 67.8 Å². The maximum atomic E-state index is 12.7. The number of ether oxygens (including phenoxy) is 2. The average Bonchev–Trinajstić information content (AvgIpc) is 2.76. The number of carbonyl (C=O) groups is 1. The van der Waals surface area contributed by atoms with Gasteiger partial charge in [-0.1, -0.05) is 12.2 Å². The molecule has 12 heteroatoms. The fourth-order valence-corrected chi connectivity index (χ4v) is 5.91. The smallest absolute Gasteiger partial charge is 0.290 e. The summed E-state index contributed by atoms with van der Waals surface area (Å²) in [7, 11) is 0. The van der Waals surface area contributed by atoms with E-state index in [1.807, 2.05) is 20.8 Å². The minimum absolute atomic E-state index is 0.248. The standard InChI is InChI=1S/C20H36N2O6S2.CH2O2/c1-20(2,3)30(26)21-14-6-4-5-13(11-22-7-9-27-10-8-22)12-29-19-17(25)15(23)16(24)18(14)28-19;2-1-3/h4-5,13-19,21,23-25H,6-12H2,1-3H3;1H,(H,2,3)/b5-4+;/t13?,14-,15+,16-,17-,18-,19-,30-;/m1./s1. The maximum absolute atomic E-state index is 12.7. The van der Waals surface area contributed by atoms with E-state index < -0.39 is 52.0 Å². The largest absolute Gasteiger partial charge is 0.598 e. The van der Waals surface area contributed by atoms with E-state index in [0.29, 0.717) is 6.42 Å². The summed E-state index contributed by atoms with van der Waals surface area (Å²) < 4.78 is 26.8. The second-order valence-electron chi connectivity index (χ2n) is 9.32. The van der Waals surface area contributed by atoms with Crippen LogP contribution in [0.5, 0.6) is 0 Å². The summed E-state index contributed by atoms with van der Waals surface area (Å²) in [5.74, 6) is 0.982. The van der Waals surface area contributed by atoms with Gasteiger partial charge in [-0.05, 0) is 33.1 Å². The number of hydrogen-bond acceptors (Lipinski definition) is 10. The number of aliphatic hydroxyl groups is 3. The van der Waals surface area contributed by atoms with Gasteiger partial charge in [-0.15, -0.1) is 16.5 Å². The first-order chi connectivity index (χ1) is 15.6. The van der Waals surface area contributed by atoms with Crippen LogP contribution in [0.4, 0.5) is 0 Å². The maximum Gasteiger partial charge on any atom is 0.290 e. The molecule has 3 heterocycles. The lowest BCUT2D eigenvalue weighted by molar-refractivity contribution is -0.203. The van der Waals surface area contributed by atoms with Crippen molar-refractivity contribution in [3.63, 3.8) is 0 Å². The quantitative estimate of drug-likeness (QED) is 0.190. The number of nitrogens with zero attached hydrogens (tertiary/aromatic N) is 1. The molecule has 0 amide bonds. The summed E-state index contributed by atoms with van der Waals surface area (Å²) in [6.07, 6.45) is 0.210. The molecule has 0 aromatic rings. The van der Waals surface area contributed by atoms with Crippen LogP contribution in [0.3, 0.4) is 0 Å². The molecule has 33 heavy (non-hydrogen) atoms. The summed E-state index contributed by atoms with van der Waals surface area (Å²) in [5.41, 5.74) is -0.653. The molecular weight excluding hydrogens is 472 g/mol. The van der Waals surface area contributed by atoms with Crippen molar-refractivity contribution < 1.29 is 39.2 Å². The molecule has 3 rings (SSSR count). The first-order valence-electron chi connectivity index (χ1n) is 11.1. The number of morpholine rings is 1. The Morgan fingerprint density at radius 1 is 1.21 bits per heavy atom. The molecule has 192 valence electrons. The highest BCUT2D eigenvalue weighted by molar-refractivity contribution is 7.99. The molecule has 0 saturated carbocycles. The highest BCUT2D eigenvalue weighted by Gasteiger charge is 2.48. The highest BCUT2D eigenvalue weighted by atomic mass is 32.2. The van der Waals surface area contributed by atoms with Crippen LogP contribution in [0, 0.1) is 5.92 Å². The number of hydrogen-bond donors (Lipinski definition) is 5. The van der Waals surface area contributed by atoms with E-state index in [4.69, 9.17) is 19.4 Å². The molecule has 8 atom stereocenters. The molecule has 0 spiro atoms. The predicted molar refractivity (Wildman–Crippen MR) is 127 cm³/mol. The van der Waals surface area contributed by atoms with Crippen molar-refractivity contribution in [1.82, 2.24) is 9.62 Å². The lowest BCUT2D eigenvalue weighted by Gasteiger charge is -2.44. The number of carboxylic acid groups (broad SMARTS) is 1. The molecular formula is C21H38N2O8S2. The van der Waals surface area contributed by atoms with E-state index in [1.54, 1.807) is 0 Å². The zero-order valence-corrected chi connectivity index (χ0v) is 21.0. The molecule has 1 unspecified atom stereocenters. The summed E-state index contributed by atoms with van der Waals surface area (Å²) in [6, 6.07) is -0.455. The predicted octanol–water partition coefficient (Wildman–Crippen LogP) is -0.443. The Hall–Kier alpha value is -0.410. The minimum Gasteiger partial charge on any atom is -0.598 e. The summed E-state index contributed by atoms with van der Waals surface area (Å²) in [6.45, 7) is 9.55. The van der Waals surface area contributed by atoms with Crippen LogP contribution in [0.25, 0.3) is 0 Å². The monoisotopic (exact) mass is 510 g/mol. The topological polar surface area (TPSA) is 155 Å². The van der Waals surface area contributed by atoms with Gasteiger partial charge in [0.1, 0.15) is 34.6 Å². The summed E-state index contributed by atoms with van der Waals surface area (Å²) in [5, 5.41) is 38.4. The van der Waals surface area contributed by atoms with Crippen LogP contribution in [0.2, 0.25) is 0 Å². The average molecular weight is 511 g/mol. The third kappa shape index (κ3) is 8.64. The molecule has 0 aromatic carbocycles. The van der Waals surface area contributed by atoms with E-state index >= 15 is 0 Å². The lowest BCUT2D eigenvalue weighted by Crippen LogP contribution is -2.63. The Labute approximate surface area is 203 Å². The van der Waals surface area contributed by atoms with Gasteiger partial charge in [0, 0.05) is 36.7 Å². The number of aliphatic hydroxyl groups excluding tert-OH is 3. The molecule has 2 bridgehead atoms. The molecule has 2 saturated heterocycles. The number of nitrogens with one attached hydrogen (secondary N) is 1. The fourth-order valence-electron chi connectivity index (χ4n) is 3.83. The number of thioether (sulfide) groups is 1. The Morgan fingerprint density at radius 3 is 2.45 bits per heavy atom. The van der Waals surface area contributed by atoms with Gasteiger partial charge in [-0.3, -0.25) is 9.69 Å². The molecule has 5 N–H and O–H groups in total. The van der Waals surface area contributed by atoms with Crippen molar-refractivity contribution in [2.75, 3.05) is 38.6 Å². The zero-order chi connectivity index (χ0) is 24.6. The van der Waals surface area contributed by atoms with E-state index in [1.165, 1.54) is 11.8 Å². The number of fused-ring (bicyclic) bond motifs is 2. The van der Waals surface area contributed by atoms with Gasteiger partial charge < -0.3 is 34.5 Å². The van der Waals surface area contributed by atoms with Gasteiger partial charge in [-0.2, -0.15) is 0 Å². The molecule has 0 aliphatic carbocycles. The minimum atomic E-state index is -1.37. The molecule has 0 aromatic heterocycles. The van der Waals surface area contributed by atoms with Crippen LogP contribution in [-0.2, 0) is 25.6 Å². The van der Waals surface area contributed by atoms with E-state index in [0.717, 1.165) is 38.6 Å². The van der Waals surface area contributed by atoms with Crippen LogP contribution < -0.4 is 4.72 Å². The van der Waals surface area contributed by atoms with Gasteiger partial charge >= 0.3 is 0 Å². The SMILES string of the molecule is CC(C)(C)[S@@+]([O-])N[C@@H]1C/C=C/C(CN2CCOCC2)CS[C@H]2O[C@H]1[C@H](O)[C@H](O)[C@H]2O.O=CO. The zero-order valence-electron chi connectivity index (χ0n) is 19.4. The van der Waals surface area contributed by atoms with Gasteiger partial charge in [0.05, 0.1) is 19.3 Å². The second kappa shape index (κ2) is 13.6. The molecule has 3 aliphatic heterocycles. The van der Waals surface area contributed by atoms with Crippen molar-refractivity contribution in [3.05, 3.63) is 12.2 Å². The third-order valence-corrected chi connectivity index (χ3v) is 8.66. The second-order valence-corrected chi connectivity index (χ2v) is 12.5. The Morgan fingerprint density at radius 2 is 1.85 bits per heavy atom. The van der Waals surface area contributed by atoms with Gasteiger partial charge in [-0.25, -0.2) is 0 Å². The Kier molecular flexibility index (Phi) is 11.9. The number of rotatable bonds is 4. The van der Waals surface area contributed by atoms with Gasteiger partial charge in [0.25, 0.3) is 6.47 Å². The van der Waals surface area contributed by atoms with Crippen LogP contribution >= 0.6 is 11.8 Å².